The second-order valence-electron chi connectivity index (χ2n) is 11.6. The molecular formula is C29H45N3. The van der Waals surface area contributed by atoms with Crippen molar-refractivity contribution < 1.29 is 0 Å². The molecule has 0 amide bonds. The molecule has 3 fully saturated rings. The maximum Gasteiger partial charge on any atom is 0.126 e. The molecule has 8 unspecified atom stereocenters. The summed E-state index contributed by atoms with van der Waals surface area (Å²) in [5, 5.41) is 12.7. The first-order valence-corrected chi connectivity index (χ1v) is 13.6. The minimum atomic E-state index is 0.425. The van der Waals surface area contributed by atoms with E-state index in [9.17, 15) is 0 Å². The topological polar surface area (TPSA) is 48.7 Å². The normalized spacial score (nSPS) is 37.2. The van der Waals surface area contributed by atoms with E-state index in [-0.39, 0.29) is 0 Å². The molecule has 0 spiro atoms. The third-order valence-electron chi connectivity index (χ3n) is 10.0. The number of nitriles is 1. The lowest BCUT2D eigenvalue weighted by Crippen LogP contribution is -2.49. The molecule has 3 nitrogen and oxygen atoms in total. The fourth-order valence-electron chi connectivity index (χ4n) is 8.58. The van der Waals surface area contributed by atoms with Crippen molar-refractivity contribution in [3.63, 3.8) is 0 Å². The Morgan fingerprint density at radius 3 is 2.62 bits per heavy atom. The van der Waals surface area contributed by atoms with Gasteiger partial charge in [-0.15, -0.1) is 0 Å². The van der Waals surface area contributed by atoms with Crippen molar-refractivity contribution in [1.82, 2.24) is 4.98 Å². The Morgan fingerprint density at radius 2 is 1.94 bits per heavy atom. The summed E-state index contributed by atoms with van der Waals surface area (Å²) in [6.45, 7) is 9.76. The molecule has 1 aromatic rings. The highest BCUT2D eigenvalue weighted by atomic mass is 15.0. The molecule has 176 valence electrons. The summed E-state index contributed by atoms with van der Waals surface area (Å²) >= 11 is 0. The number of rotatable bonds is 8. The van der Waals surface area contributed by atoms with Crippen LogP contribution in [0.1, 0.15) is 104 Å². The molecule has 8 atom stereocenters. The molecule has 0 bridgehead atoms. The van der Waals surface area contributed by atoms with Crippen LogP contribution in [0.2, 0.25) is 0 Å². The number of nitrogens with zero attached hydrogens (tertiary/aromatic N) is 2. The largest absolute Gasteiger partial charge is 0.367 e. The predicted molar refractivity (Wildman–Crippen MR) is 133 cm³/mol. The summed E-state index contributed by atoms with van der Waals surface area (Å²) in [4.78, 5) is 4.48. The summed E-state index contributed by atoms with van der Waals surface area (Å²) < 4.78 is 0. The summed E-state index contributed by atoms with van der Waals surface area (Å²) in [6.07, 6.45) is 17.4. The highest BCUT2D eigenvalue weighted by Gasteiger charge is 2.57. The Labute approximate surface area is 196 Å². The van der Waals surface area contributed by atoms with Gasteiger partial charge in [0, 0.05) is 12.2 Å². The first-order chi connectivity index (χ1) is 15.5. The van der Waals surface area contributed by atoms with Gasteiger partial charge in [-0.1, -0.05) is 52.9 Å². The molecule has 0 radical (unpaired) electrons. The molecule has 1 N–H and O–H groups in total. The summed E-state index contributed by atoms with van der Waals surface area (Å²) in [6, 6.07) is 6.43. The van der Waals surface area contributed by atoms with Crippen molar-refractivity contribution in [3.8, 4) is 6.07 Å². The zero-order valence-electron chi connectivity index (χ0n) is 20.9. The molecule has 1 aromatic heterocycles. The number of unbranched alkanes of at least 4 members (excludes halogenated alkanes) is 1. The van der Waals surface area contributed by atoms with Crippen LogP contribution in [0.3, 0.4) is 0 Å². The van der Waals surface area contributed by atoms with E-state index in [1.54, 1.807) is 6.20 Å². The Balaban J connectivity index is 1.46. The molecule has 3 aliphatic rings. The van der Waals surface area contributed by atoms with Gasteiger partial charge in [0.25, 0.3) is 0 Å². The lowest BCUT2D eigenvalue weighted by Gasteiger charge is -2.55. The van der Waals surface area contributed by atoms with Crippen LogP contribution < -0.4 is 5.32 Å². The lowest BCUT2D eigenvalue weighted by atomic mass is 9.50. The van der Waals surface area contributed by atoms with Gasteiger partial charge in [0.2, 0.25) is 0 Å². The van der Waals surface area contributed by atoms with Gasteiger partial charge in [0.05, 0.1) is 5.56 Å². The maximum absolute atomic E-state index is 9.04. The van der Waals surface area contributed by atoms with Crippen LogP contribution in [-0.4, -0.2) is 11.0 Å². The smallest absolute Gasteiger partial charge is 0.126 e. The van der Waals surface area contributed by atoms with E-state index in [0.29, 0.717) is 22.9 Å². The predicted octanol–water partition coefficient (Wildman–Crippen LogP) is 7.83. The summed E-state index contributed by atoms with van der Waals surface area (Å²) in [5.74, 6) is 6.49. The van der Waals surface area contributed by atoms with Crippen LogP contribution in [0, 0.1) is 52.3 Å². The SMILES string of the molecule is CCCCC1CCC2C(CCC3(C)C(C(C)Nc4ccc(C#N)cn4)CCC23)C1CCC. The Kier molecular flexibility index (Phi) is 7.48. The molecule has 1 heterocycles. The highest BCUT2D eigenvalue weighted by Crippen LogP contribution is 2.64. The van der Waals surface area contributed by atoms with Gasteiger partial charge in [-0.25, -0.2) is 4.98 Å². The Hall–Kier alpha value is -1.56. The Bertz CT molecular complexity index is 781. The highest BCUT2D eigenvalue weighted by molar-refractivity contribution is 5.40. The minimum Gasteiger partial charge on any atom is -0.367 e. The zero-order chi connectivity index (χ0) is 22.7. The van der Waals surface area contributed by atoms with E-state index < -0.39 is 0 Å². The first kappa shape index (κ1) is 23.6. The number of nitrogens with one attached hydrogen (secondary N) is 1. The van der Waals surface area contributed by atoms with Crippen LogP contribution in [0.4, 0.5) is 5.82 Å². The average Bonchev–Trinajstić information content (AvgIpc) is 3.16. The lowest BCUT2D eigenvalue weighted by molar-refractivity contribution is -0.0572. The second kappa shape index (κ2) is 10.1. The van der Waals surface area contributed by atoms with Gasteiger partial charge in [0.1, 0.15) is 11.9 Å². The van der Waals surface area contributed by atoms with E-state index in [1.165, 1.54) is 70.6 Å². The van der Waals surface area contributed by atoms with Gasteiger partial charge in [-0.05, 0) is 98.5 Å². The minimum absolute atomic E-state index is 0.425. The van der Waals surface area contributed by atoms with Gasteiger partial charge >= 0.3 is 0 Å². The van der Waals surface area contributed by atoms with Crippen molar-refractivity contribution >= 4 is 5.82 Å². The first-order valence-electron chi connectivity index (χ1n) is 13.6. The molecule has 3 saturated carbocycles. The number of fused-ring (bicyclic) bond motifs is 3. The second-order valence-corrected chi connectivity index (χ2v) is 11.6. The Morgan fingerprint density at radius 1 is 1.09 bits per heavy atom. The monoisotopic (exact) mass is 435 g/mol. The molecule has 0 aromatic carbocycles. The molecule has 4 rings (SSSR count). The molecule has 3 heteroatoms. The fourth-order valence-corrected chi connectivity index (χ4v) is 8.58. The molecule has 0 saturated heterocycles. The average molecular weight is 436 g/mol. The van der Waals surface area contributed by atoms with Crippen LogP contribution in [0.15, 0.2) is 18.3 Å². The molecule has 0 aliphatic heterocycles. The third-order valence-corrected chi connectivity index (χ3v) is 10.0. The quantitative estimate of drug-likeness (QED) is 0.452. The van der Waals surface area contributed by atoms with Crippen molar-refractivity contribution in [3.05, 3.63) is 23.9 Å². The fraction of sp³-hybridized carbons (Fsp3) is 0.793. The van der Waals surface area contributed by atoms with E-state index in [2.05, 4.69) is 44.1 Å². The van der Waals surface area contributed by atoms with Crippen LogP contribution in [0.5, 0.6) is 0 Å². The van der Waals surface area contributed by atoms with Crippen molar-refractivity contribution in [2.45, 2.75) is 104 Å². The zero-order valence-corrected chi connectivity index (χ0v) is 20.9. The van der Waals surface area contributed by atoms with Crippen LogP contribution in [0.25, 0.3) is 0 Å². The van der Waals surface area contributed by atoms with Crippen LogP contribution in [-0.2, 0) is 0 Å². The maximum atomic E-state index is 9.04. The number of pyridine rings is 1. The number of hydrogen-bond acceptors (Lipinski definition) is 3. The van der Waals surface area contributed by atoms with Crippen LogP contribution >= 0.6 is 0 Å². The number of hydrogen-bond donors (Lipinski definition) is 1. The van der Waals surface area contributed by atoms with Gasteiger partial charge < -0.3 is 5.32 Å². The van der Waals surface area contributed by atoms with E-state index >= 15 is 0 Å². The molecule has 3 aliphatic carbocycles. The third kappa shape index (κ3) is 4.44. The van der Waals surface area contributed by atoms with Gasteiger partial charge in [0.15, 0.2) is 0 Å². The van der Waals surface area contributed by atoms with Crippen molar-refractivity contribution in [2.75, 3.05) is 5.32 Å². The summed E-state index contributed by atoms with van der Waals surface area (Å²) in [5.41, 5.74) is 1.10. The van der Waals surface area contributed by atoms with Gasteiger partial charge in [-0.3, -0.25) is 0 Å². The van der Waals surface area contributed by atoms with Crippen molar-refractivity contribution in [2.24, 2.45) is 40.9 Å². The number of aromatic nitrogens is 1. The van der Waals surface area contributed by atoms with E-state index in [0.717, 1.165) is 35.4 Å². The number of anilines is 1. The van der Waals surface area contributed by atoms with Gasteiger partial charge in [-0.2, -0.15) is 5.26 Å². The molecular weight excluding hydrogens is 390 g/mol. The van der Waals surface area contributed by atoms with E-state index in [4.69, 9.17) is 5.26 Å². The molecule has 32 heavy (non-hydrogen) atoms. The van der Waals surface area contributed by atoms with Crippen molar-refractivity contribution in [1.29, 1.82) is 5.26 Å². The standard InChI is InChI=1S/C29H45N3/c1-5-7-9-22-11-12-25-24(23(22)8-6-2)16-17-29(4)26(13-14-27(25)29)20(3)32-28-15-10-21(18-30)19-31-28/h10,15,19-20,22-27H,5-9,11-14,16-17H2,1-4H3,(H,31,32). The van der Waals surface area contributed by atoms with E-state index in [1.807, 2.05) is 12.1 Å². The summed E-state index contributed by atoms with van der Waals surface area (Å²) in [7, 11) is 0.